The number of nitrogen functional groups attached to an aromatic ring is 1. The van der Waals surface area contributed by atoms with E-state index < -0.39 is 0 Å². The molecule has 156 valence electrons. The fourth-order valence-corrected chi connectivity index (χ4v) is 4.76. The highest BCUT2D eigenvalue weighted by molar-refractivity contribution is 6.23. The first-order valence-corrected chi connectivity index (χ1v) is 10.7. The smallest absolute Gasteiger partial charge is 0.133 e. The molecule has 0 amide bonds. The summed E-state index contributed by atoms with van der Waals surface area (Å²) in [7, 11) is 0. The van der Waals surface area contributed by atoms with Gasteiger partial charge < -0.3 is 21.4 Å². The molecule has 0 aliphatic rings. The third-order valence-corrected chi connectivity index (χ3v) is 6.14. The Bertz CT molecular complexity index is 1580. The number of hydrogen-bond acceptors (Lipinski definition) is 3. The van der Waals surface area contributed by atoms with Crippen LogP contribution in [0.1, 0.15) is 0 Å². The van der Waals surface area contributed by atoms with Crippen molar-refractivity contribution in [1.29, 1.82) is 0 Å². The van der Waals surface area contributed by atoms with Gasteiger partial charge in [-0.3, -0.25) is 4.57 Å². The van der Waals surface area contributed by atoms with Gasteiger partial charge in [-0.25, -0.2) is 0 Å². The van der Waals surface area contributed by atoms with Crippen LogP contribution in [0.25, 0.3) is 38.4 Å². The SMILES string of the molecule is NCn1c2ccccc2c2c3c(ccc21)c(Nc1ccccc1)c(N)n3-c1ccccc1. The molecule has 0 aliphatic heterocycles. The second kappa shape index (κ2) is 7.18. The van der Waals surface area contributed by atoms with E-state index in [2.05, 4.69) is 63.0 Å². The Morgan fingerprint density at radius 2 is 1.38 bits per heavy atom. The predicted molar refractivity (Wildman–Crippen MR) is 135 cm³/mol. The van der Waals surface area contributed by atoms with Crippen molar-refractivity contribution in [2.24, 2.45) is 5.73 Å². The Balaban J connectivity index is 1.78. The van der Waals surface area contributed by atoms with Crippen LogP contribution in [0, 0.1) is 0 Å². The van der Waals surface area contributed by atoms with E-state index >= 15 is 0 Å². The van der Waals surface area contributed by atoms with Gasteiger partial charge in [0.25, 0.3) is 0 Å². The van der Waals surface area contributed by atoms with E-state index in [1.54, 1.807) is 0 Å². The minimum Gasteiger partial charge on any atom is -0.383 e. The largest absolute Gasteiger partial charge is 0.383 e. The van der Waals surface area contributed by atoms with Gasteiger partial charge in [-0.1, -0.05) is 54.6 Å². The second-order valence-electron chi connectivity index (χ2n) is 7.91. The lowest BCUT2D eigenvalue weighted by molar-refractivity contribution is 0.791. The molecule has 0 unspecified atom stereocenters. The number of aromatic nitrogens is 2. The number of para-hydroxylation sites is 3. The summed E-state index contributed by atoms with van der Waals surface area (Å²) in [6.45, 7) is 0.409. The van der Waals surface area contributed by atoms with Crippen molar-refractivity contribution >= 4 is 49.9 Å². The van der Waals surface area contributed by atoms with E-state index in [0.29, 0.717) is 12.5 Å². The van der Waals surface area contributed by atoms with Crippen molar-refractivity contribution in [2.45, 2.75) is 6.67 Å². The van der Waals surface area contributed by atoms with Crippen LogP contribution in [0.5, 0.6) is 0 Å². The van der Waals surface area contributed by atoms with Crippen LogP contribution in [0.3, 0.4) is 0 Å². The second-order valence-corrected chi connectivity index (χ2v) is 7.91. The summed E-state index contributed by atoms with van der Waals surface area (Å²) in [5, 5.41) is 6.95. The van der Waals surface area contributed by atoms with Crippen LogP contribution < -0.4 is 16.8 Å². The standard InChI is InChI=1S/C27H23N5/c28-17-31-22-14-8-7-13-20(22)24-23(31)16-15-21-25(30-18-9-3-1-4-10-18)27(29)32(26(21)24)19-11-5-2-6-12-19/h1-16,30H,17,28-29H2. The monoisotopic (exact) mass is 417 g/mol. The molecular formula is C27H23N5. The molecule has 0 atom stereocenters. The Kier molecular flexibility index (Phi) is 4.16. The number of benzene rings is 4. The highest BCUT2D eigenvalue weighted by atomic mass is 15.1. The highest BCUT2D eigenvalue weighted by Gasteiger charge is 2.22. The minimum absolute atomic E-state index is 0.409. The molecule has 5 nitrogen and oxygen atoms in total. The molecule has 4 aromatic carbocycles. The molecular weight excluding hydrogens is 394 g/mol. The van der Waals surface area contributed by atoms with Crippen LogP contribution in [0.4, 0.5) is 17.2 Å². The van der Waals surface area contributed by atoms with E-state index in [0.717, 1.165) is 44.4 Å². The first kappa shape index (κ1) is 18.5. The molecule has 0 aliphatic carbocycles. The van der Waals surface area contributed by atoms with E-state index in [-0.39, 0.29) is 0 Å². The molecule has 0 spiro atoms. The Morgan fingerprint density at radius 3 is 2.12 bits per heavy atom. The number of nitrogens with two attached hydrogens (primary N) is 2. The molecule has 0 radical (unpaired) electrons. The number of nitrogens with one attached hydrogen (secondary N) is 1. The zero-order valence-corrected chi connectivity index (χ0v) is 17.5. The molecule has 0 saturated carbocycles. The number of anilines is 3. The number of hydrogen-bond donors (Lipinski definition) is 3. The van der Waals surface area contributed by atoms with Crippen molar-refractivity contribution < 1.29 is 0 Å². The van der Waals surface area contributed by atoms with Gasteiger partial charge in [0, 0.05) is 27.5 Å². The molecule has 5 N–H and O–H groups in total. The van der Waals surface area contributed by atoms with Crippen LogP contribution >= 0.6 is 0 Å². The lowest BCUT2D eigenvalue weighted by Gasteiger charge is -2.10. The molecule has 2 aromatic heterocycles. The predicted octanol–water partition coefficient (Wildman–Crippen LogP) is 5.98. The average molecular weight is 418 g/mol. The first-order valence-electron chi connectivity index (χ1n) is 10.7. The third kappa shape index (κ3) is 2.62. The topological polar surface area (TPSA) is 73.9 Å². The van der Waals surface area contributed by atoms with Gasteiger partial charge in [0.15, 0.2) is 0 Å². The molecule has 0 saturated heterocycles. The zero-order valence-electron chi connectivity index (χ0n) is 17.5. The maximum Gasteiger partial charge on any atom is 0.133 e. The molecule has 6 aromatic rings. The van der Waals surface area contributed by atoms with Crippen LogP contribution in [-0.4, -0.2) is 9.13 Å². The number of nitrogens with zero attached hydrogens (tertiary/aromatic N) is 2. The van der Waals surface area contributed by atoms with E-state index in [1.807, 2.05) is 48.5 Å². The van der Waals surface area contributed by atoms with Crippen molar-refractivity contribution in [3.05, 3.63) is 97.1 Å². The number of fused-ring (bicyclic) bond motifs is 5. The van der Waals surface area contributed by atoms with Crippen molar-refractivity contribution in [3.8, 4) is 5.69 Å². The van der Waals surface area contributed by atoms with Crippen LogP contribution in [0.15, 0.2) is 97.1 Å². The van der Waals surface area contributed by atoms with Crippen molar-refractivity contribution in [1.82, 2.24) is 9.13 Å². The quantitative estimate of drug-likeness (QED) is 0.330. The third-order valence-electron chi connectivity index (χ3n) is 6.14. The summed E-state index contributed by atoms with van der Waals surface area (Å²) in [5.74, 6) is 0.673. The highest BCUT2D eigenvalue weighted by Crippen LogP contribution is 2.43. The maximum absolute atomic E-state index is 6.84. The zero-order chi connectivity index (χ0) is 21.7. The molecule has 2 heterocycles. The lowest BCUT2D eigenvalue weighted by Crippen LogP contribution is -2.06. The Hall–Kier alpha value is -4.22. The van der Waals surface area contributed by atoms with Gasteiger partial charge in [-0.2, -0.15) is 0 Å². The van der Waals surface area contributed by atoms with E-state index in [1.165, 1.54) is 5.39 Å². The van der Waals surface area contributed by atoms with E-state index in [4.69, 9.17) is 11.5 Å². The fraction of sp³-hybridized carbons (Fsp3) is 0.0370. The van der Waals surface area contributed by atoms with Crippen LogP contribution in [0.2, 0.25) is 0 Å². The van der Waals surface area contributed by atoms with Gasteiger partial charge in [0.1, 0.15) is 5.82 Å². The van der Waals surface area contributed by atoms with Gasteiger partial charge in [-0.15, -0.1) is 0 Å². The molecule has 0 fully saturated rings. The summed E-state index contributed by atoms with van der Waals surface area (Å²) in [6, 6.07) is 33.1. The van der Waals surface area contributed by atoms with Gasteiger partial charge in [-0.05, 0) is 42.5 Å². The van der Waals surface area contributed by atoms with Gasteiger partial charge >= 0.3 is 0 Å². The molecule has 5 heteroatoms. The fourth-order valence-electron chi connectivity index (χ4n) is 4.76. The lowest BCUT2D eigenvalue weighted by atomic mass is 10.1. The molecule has 0 bridgehead atoms. The molecule has 6 rings (SSSR count). The summed E-state index contributed by atoms with van der Waals surface area (Å²) in [5.41, 5.74) is 19.2. The number of rotatable bonds is 4. The Labute approximate surface area is 185 Å². The summed E-state index contributed by atoms with van der Waals surface area (Å²) >= 11 is 0. The average Bonchev–Trinajstić information content (AvgIpc) is 3.32. The summed E-state index contributed by atoms with van der Waals surface area (Å²) in [4.78, 5) is 0. The van der Waals surface area contributed by atoms with Crippen LogP contribution in [-0.2, 0) is 6.67 Å². The minimum atomic E-state index is 0.409. The Morgan fingerprint density at radius 1 is 0.688 bits per heavy atom. The summed E-state index contributed by atoms with van der Waals surface area (Å²) < 4.78 is 4.31. The molecule has 32 heavy (non-hydrogen) atoms. The maximum atomic E-state index is 6.84. The van der Waals surface area contributed by atoms with Crippen molar-refractivity contribution in [2.75, 3.05) is 11.1 Å². The normalized spacial score (nSPS) is 11.5. The van der Waals surface area contributed by atoms with E-state index in [9.17, 15) is 0 Å². The first-order chi connectivity index (χ1) is 15.8. The van der Waals surface area contributed by atoms with Gasteiger partial charge in [0.2, 0.25) is 0 Å². The van der Waals surface area contributed by atoms with Crippen molar-refractivity contribution in [3.63, 3.8) is 0 Å². The summed E-state index contributed by atoms with van der Waals surface area (Å²) in [6.07, 6.45) is 0. The van der Waals surface area contributed by atoms with Gasteiger partial charge in [0.05, 0.1) is 28.9 Å².